The smallest absolute Gasteiger partial charge is 0.253 e. The van der Waals surface area contributed by atoms with Crippen LogP contribution in [0.3, 0.4) is 0 Å². The monoisotopic (exact) mass is 456 g/mol. The van der Waals surface area contributed by atoms with Crippen molar-refractivity contribution in [1.82, 2.24) is 20.2 Å². The van der Waals surface area contributed by atoms with E-state index in [1.165, 1.54) is 17.7 Å². The summed E-state index contributed by atoms with van der Waals surface area (Å²) >= 11 is 0. The maximum atomic E-state index is 13.2. The third-order valence-electron chi connectivity index (χ3n) is 8.13. The van der Waals surface area contributed by atoms with Crippen molar-refractivity contribution in [3.05, 3.63) is 41.1 Å². The third kappa shape index (κ3) is 3.26. The number of rotatable bonds is 4. The maximum absolute atomic E-state index is 13.2. The number of carbonyl (C=O) groups is 1. The summed E-state index contributed by atoms with van der Waals surface area (Å²) in [5, 5.41) is 17.6. The summed E-state index contributed by atoms with van der Waals surface area (Å²) in [4.78, 5) is 22.8. The average Bonchev–Trinajstić information content (AvgIpc) is 3.15. The number of H-pyrrole nitrogens is 2. The van der Waals surface area contributed by atoms with E-state index < -0.39 is 0 Å². The number of hydrogen-bond donors (Lipinski definition) is 2. The fourth-order valence-electron chi connectivity index (χ4n) is 5.70. The maximum Gasteiger partial charge on any atom is 0.253 e. The van der Waals surface area contributed by atoms with E-state index in [-0.39, 0.29) is 11.8 Å². The van der Waals surface area contributed by atoms with Crippen molar-refractivity contribution in [3.63, 3.8) is 0 Å². The molecule has 2 atom stereocenters. The first-order valence-corrected chi connectivity index (χ1v) is 11.9. The van der Waals surface area contributed by atoms with Crippen LogP contribution >= 0.6 is 0 Å². The number of likely N-dealkylation sites (N-methyl/N-ethyl adjacent to an activating group) is 1. The molecule has 34 heavy (non-hydrogen) atoms. The Labute approximate surface area is 198 Å². The second kappa shape index (κ2) is 7.54. The highest BCUT2D eigenvalue weighted by atomic mass is 16.5. The van der Waals surface area contributed by atoms with E-state index >= 15 is 0 Å². The number of imidazole rings is 1. The fourth-order valence-corrected chi connectivity index (χ4v) is 5.70. The third-order valence-corrected chi connectivity index (χ3v) is 8.13. The molecule has 2 aliphatic carbocycles. The second-order valence-corrected chi connectivity index (χ2v) is 10.3. The molecule has 0 spiro atoms. The molecule has 1 saturated carbocycles. The van der Waals surface area contributed by atoms with Gasteiger partial charge in [-0.15, -0.1) is 0 Å². The topological polar surface area (TPSA) is 111 Å². The SMILES string of the molecule is C=C(C(=O)N(C)c1cc(C#N)c2[nH]c(-c3n[nH]c4c3C[C@@H]3C[C@]3(C)C4)nc2c1)C1CCOCC1. The minimum atomic E-state index is -0.139. The first-order valence-electron chi connectivity index (χ1n) is 11.9. The van der Waals surface area contributed by atoms with Gasteiger partial charge in [-0.2, -0.15) is 10.4 Å². The van der Waals surface area contributed by atoms with Gasteiger partial charge >= 0.3 is 0 Å². The molecule has 1 amide bonds. The molecule has 8 heteroatoms. The Kier molecular flexibility index (Phi) is 4.68. The van der Waals surface area contributed by atoms with Gasteiger partial charge in [0.15, 0.2) is 5.82 Å². The van der Waals surface area contributed by atoms with Crippen molar-refractivity contribution in [2.24, 2.45) is 17.3 Å². The summed E-state index contributed by atoms with van der Waals surface area (Å²) < 4.78 is 5.41. The first-order chi connectivity index (χ1) is 16.4. The number of hydrogen-bond acceptors (Lipinski definition) is 5. The lowest BCUT2D eigenvalue weighted by atomic mass is 9.88. The van der Waals surface area contributed by atoms with Crippen LogP contribution in [0.25, 0.3) is 22.6 Å². The minimum Gasteiger partial charge on any atom is -0.381 e. The van der Waals surface area contributed by atoms with Gasteiger partial charge < -0.3 is 14.6 Å². The van der Waals surface area contributed by atoms with Gasteiger partial charge in [-0.05, 0) is 61.5 Å². The molecule has 3 aliphatic rings. The molecule has 3 aromatic rings. The number of amides is 1. The number of nitrogens with one attached hydrogen (secondary N) is 2. The standard InChI is InChI=1S/C26H28N6O2/c1-14(15-4-6-34-7-5-15)25(33)32(3)18-8-16(13-27)22-20(10-18)28-24(29-22)23-19-9-17-11-26(17,2)12-21(19)30-31-23/h8,10,15,17H,1,4-7,9,11-12H2,2-3H3,(H,28,29)(H,30,31)/t17-,26-/m1/s1. The van der Waals surface area contributed by atoms with Gasteiger partial charge in [0, 0.05) is 42.8 Å². The van der Waals surface area contributed by atoms with Crippen LogP contribution in [0.15, 0.2) is 24.3 Å². The molecule has 1 saturated heterocycles. The number of aromatic nitrogens is 4. The summed E-state index contributed by atoms with van der Waals surface area (Å²) in [6.45, 7) is 7.72. The summed E-state index contributed by atoms with van der Waals surface area (Å²) in [5.41, 5.74) is 6.64. The predicted molar refractivity (Wildman–Crippen MR) is 128 cm³/mol. The number of carbonyl (C=O) groups excluding carboxylic acids is 1. The van der Waals surface area contributed by atoms with Gasteiger partial charge in [-0.3, -0.25) is 9.89 Å². The van der Waals surface area contributed by atoms with E-state index in [1.807, 2.05) is 6.07 Å². The minimum absolute atomic E-state index is 0.124. The predicted octanol–water partition coefficient (Wildman–Crippen LogP) is 3.90. The van der Waals surface area contributed by atoms with Gasteiger partial charge in [-0.1, -0.05) is 13.5 Å². The molecule has 2 N–H and O–H groups in total. The van der Waals surface area contributed by atoms with Gasteiger partial charge in [0.2, 0.25) is 0 Å². The van der Waals surface area contributed by atoms with E-state index in [0.717, 1.165) is 31.4 Å². The summed E-state index contributed by atoms with van der Waals surface area (Å²) in [7, 11) is 1.72. The van der Waals surface area contributed by atoms with E-state index in [2.05, 4.69) is 34.8 Å². The van der Waals surface area contributed by atoms with Crippen LogP contribution in [0, 0.1) is 28.6 Å². The van der Waals surface area contributed by atoms with Crippen molar-refractivity contribution in [1.29, 1.82) is 5.26 Å². The fraction of sp³-hybridized carbons (Fsp3) is 0.462. The molecule has 8 nitrogen and oxygen atoms in total. The lowest BCUT2D eigenvalue weighted by Gasteiger charge is -2.26. The van der Waals surface area contributed by atoms with Crippen LogP contribution in [0.5, 0.6) is 0 Å². The molecule has 3 heterocycles. The zero-order valence-electron chi connectivity index (χ0n) is 19.6. The van der Waals surface area contributed by atoms with Gasteiger partial charge in [0.1, 0.15) is 11.8 Å². The Balaban J connectivity index is 1.33. The molecule has 1 aliphatic heterocycles. The lowest BCUT2D eigenvalue weighted by Crippen LogP contribution is -2.32. The number of ether oxygens (including phenoxy) is 1. The average molecular weight is 457 g/mol. The highest BCUT2D eigenvalue weighted by Gasteiger charge is 2.53. The normalized spacial score (nSPS) is 23.7. The Morgan fingerprint density at radius 3 is 2.91 bits per heavy atom. The molecule has 6 rings (SSSR count). The van der Waals surface area contributed by atoms with Crippen LogP contribution in [0.4, 0.5) is 5.69 Å². The summed E-state index contributed by atoms with van der Waals surface area (Å²) in [6.07, 6.45) is 4.90. The lowest BCUT2D eigenvalue weighted by molar-refractivity contribution is -0.115. The van der Waals surface area contributed by atoms with Crippen LogP contribution in [-0.4, -0.2) is 46.3 Å². The molecule has 1 aromatic carbocycles. The molecule has 0 bridgehead atoms. The highest BCUT2D eigenvalue weighted by Crippen LogP contribution is 2.59. The van der Waals surface area contributed by atoms with E-state index in [0.29, 0.717) is 58.2 Å². The quantitative estimate of drug-likeness (QED) is 0.579. The number of fused-ring (bicyclic) bond motifs is 3. The number of nitriles is 1. The Morgan fingerprint density at radius 1 is 1.35 bits per heavy atom. The van der Waals surface area contributed by atoms with Crippen LogP contribution < -0.4 is 4.90 Å². The van der Waals surface area contributed by atoms with Gasteiger partial charge in [0.05, 0.1) is 16.6 Å². The molecule has 2 aromatic heterocycles. The van der Waals surface area contributed by atoms with Crippen molar-refractivity contribution >= 4 is 22.6 Å². The van der Waals surface area contributed by atoms with Crippen molar-refractivity contribution < 1.29 is 9.53 Å². The Hall–Kier alpha value is -3.44. The van der Waals surface area contributed by atoms with Gasteiger partial charge in [-0.25, -0.2) is 4.98 Å². The number of benzene rings is 1. The number of anilines is 1. The van der Waals surface area contributed by atoms with Crippen molar-refractivity contribution in [3.8, 4) is 17.6 Å². The van der Waals surface area contributed by atoms with Crippen LogP contribution in [-0.2, 0) is 22.4 Å². The molecule has 0 unspecified atom stereocenters. The zero-order valence-corrected chi connectivity index (χ0v) is 19.6. The van der Waals surface area contributed by atoms with Crippen molar-refractivity contribution in [2.75, 3.05) is 25.2 Å². The molecule has 174 valence electrons. The molecule has 2 fully saturated rings. The number of aromatic amines is 2. The zero-order chi connectivity index (χ0) is 23.6. The second-order valence-electron chi connectivity index (χ2n) is 10.3. The largest absolute Gasteiger partial charge is 0.381 e. The van der Waals surface area contributed by atoms with E-state index in [9.17, 15) is 10.1 Å². The van der Waals surface area contributed by atoms with E-state index in [1.54, 1.807) is 18.0 Å². The van der Waals surface area contributed by atoms with Gasteiger partial charge in [0.25, 0.3) is 5.91 Å². The molecule has 0 radical (unpaired) electrons. The number of nitrogens with zero attached hydrogens (tertiary/aromatic N) is 4. The Bertz CT molecular complexity index is 1370. The molecular formula is C26H28N6O2. The first kappa shape index (κ1) is 21.1. The van der Waals surface area contributed by atoms with E-state index in [4.69, 9.17) is 9.72 Å². The van der Waals surface area contributed by atoms with Crippen LogP contribution in [0.2, 0.25) is 0 Å². The highest BCUT2D eigenvalue weighted by molar-refractivity contribution is 6.06. The Morgan fingerprint density at radius 2 is 2.15 bits per heavy atom. The summed E-state index contributed by atoms with van der Waals surface area (Å²) in [5.74, 6) is 1.36. The molecular weight excluding hydrogens is 428 g/mol. The van der Waals surface area contributed by atoms with Crippen LogP contribution in [0.1, 0.15) is 43.0 Å². The summed E-state index contributed by atoms with van der Waals surface area (Å²) in [6, 6.07) is 5.84. The van der Waals surface area contributed by atoms with Crippen molar-refractivity contribution in [2.45, 2.75) is 39.0 Å².